The van der Waals surface area contributed by atoms with Gasteiger partial charge in [0.25, 0.3) is 5.91 Å². The second-order valence-electron chi connectivity index (χ2n) is 6.16. The van der Waals surface area contributed by atoms with Crippen LogP contribution in [0.4, 0.5) is 4.39 Å². The summed E-state index contributed by atoms with van der Waals surface area (Å²) in [4.78, 5) is 14.8. The summed E-state index contributed by atoms with van der Waals surface area (Å²) in [6, 6.07) is 5.73. The summed E-state index contributed by atoms with van der Waals surface area (Å²) in [5, 5.41) is 13.9. The molecule has 2 heterocycles. The normalized spacial score (nSPS) is 16.7. The number of carbonyl (C=O) groups excluding carboxylic acids is 1. The molecule has 6 heteroatoms. The number of amides is 1. The molecule has 24 heavy (non-hydrogen) atoms. The molecule has 1 amide bonds. The van der Waals surface area contributed by atoms with Gasteiger partial charge in [0.1, 0.15) is 23.2 Å². The molecule has 3 rings (SSSR count). The van der Waals surface area contributed by atoms with Crippen LogP contribution < -0.4 is 0 Å². The fourth-order valence-corrected chi connectivity index (χ4v) is 3.03. The summed E-state index contributed by atoms with van der Waals surface area (Å²) >= 11 is 0. The first kappa shape index (κ1) is 16.6. The molecule has 128 valence electrons. The van der Waals surface area contributed by atoms with Crippen LogP contribution in [-0.4, -0.2) is 34.2 Å². The van der Waals surface area contributed by atoms with Crippen molar-refractivity contribution in [3.05, 3.63) is 41.4 Å². The molecule has 1 aliphatic heterocycles. The zero-order valence-corrected chi connectivity index (χ0v) is 13.7. The Balaban J connectivity index is 2.02. The number of rotatable bonds is 3. The molecule has 5 nitrogen and oxygen atoms in total. The topological polar surface area (TPSA) is 66.6 Å². The van der Waals surface area contributed by atoms with Crippen molar-refractivity contribution in [3.63, 3.8) is 0 Å². The van der Waals surface area contributed by atoms with E-state index in [9.17, 15) is 14.3 Å². The van der Waals surface area contributed by atoms with Gasteiger partial charge < -0.3 is 14.5 Å². The van der Waals surface area contributed by atoms with Crippen molar-refractivity contribution >= 4 is 5.91 Å². The Kier molecular flexibility index (Phi) is 4.94. The average molecular weight is 332 g/mol. The molecule has 0 spiro atoms. The first-order valence-corrected chi connectivity index (χ1v) is 8.31. The zero-order valence-electron chi connectivity index (χ0n) is 13.7. The maximum absolute atomic E-state index is 13.2. The Bertz CT molecular complexity index is 702. The number of aromatic nitrogens is 1. The monoisotopic (exact) mass is 332 g/mol. The minimum Gasteiger partial charge on any atom is -0.385 e. The number of halogens is 1. The smallest absolute Gasteiger partial charge is 0.259 e. The van der Waals surface area contributed by atoms with E-state index in [4.69, 9.17) is 4.52 Å². The first-order valence-electron chi connectivity index (χ1n) is 8.31. The lowest BCUT2D eigenvalue weighted by Gasteiger charge is -2.20. The third-order valence-electron chi connectivity index (χ3n) is 4.32. The molecule has 1 atom stereocenters. The number of carbonyl (C=O) groups is 1. The van der Waals surface area contributed by atoms with E-state index in [2.05, 4.69) is 5.16 Å². The molecular formula is C18H21FN2O3. The first-order chi connectivity index (χ1) is 11.6. The molecule has 1 aliphatic rings. The molecule has 1 unspecified atom stereocenters. The van der Waals surface area contributed by atoms with Gasteiger partial charge in [-0.25, -0.2) is 4.39 Å². The van der Waals surface area contributed by atoms with E-state index in [0.717, 1.165) is 25.7 Å². The summed E-state index contributed by atoms with van der Waals surface area (Å²) in [7, 11) is 0. The Hall–Kier alpha value is -2.21. The molecule has 0 saturated carbocycles. The highest BCUT2D eigenvalue weighted by Gasteiger charge is 2.30. The minimum absolute atomic E-state index is 0.156. The van der Waals surface area contributed by atoms with Gasteiger partial charge in [-0.3, -0.25) is 4.79 Å². The Morgan fingerprint density at radius 3 is 2.42 bits per heavy atom. The third kappa shape index (κ3) is 3.33. The quantitative estimate of drug-likeness (QED) is 0.933. The molecule has 1 N–H and O–H groups in total. The summed E-state index contributed by atoms with van der Waals surface area (Å²) in [6.45, 7) is 2.91. The van der Waals surface area contributed by atoms with E-state index >= 15 is 0 Å². The molecule has 1 saturated heterocycles. The number of benzene rings is 1. The lowest BCUT2D eigenvalue weighted by atomic mass is 10.0. The van der Waals surface area contributed by atoms with Gasteiger partial charge in [0.15, 0.2) is 5.76 Å². The van der Waals surface area contributed by atoms with Gasteiger partial charge in [0.2, 0.25) is 0 Å². The van der Waals surface area contributed by atoms with Crippen LogP contribution in [0.1, 0.15) is 54.8 Å². The number of aliphatic hydroxyl groups is 1. The highest BCUT2D eigenvalue weighted by Crippen LogP contribution is 2.31. The number of nitrogens with zero attached hydrogens (tertiary/aromatic N) is 2. The average Bonchev–Trinajstić information content (AvgIpc) is 2.83. The van der Waals surface area contributed by atoms with E-state index in [1.54, 1.807) is 17.0 Å². The van der Waals surface area contributed by atoms with E-state index < -0.39 is 6.10 Å². The molecule has 1 aromatic carbocycles. The van der Waals surface area contributed by atoms with E-state index in [1.807, 2.05) is 0 Å². The van der Waals surface area contributed by atoms with Crippen molar-refractivity contribution in [1.82, 2.24) is 10.1 Å². The largest absolute Gasteiger partial charge is 0.385 e. The van der Waals surface area contributed by atoms with Crippen LogP contribution in [0.3, 0.4) is 0 Å². The van der Waals surface area contributed by atoms with Crippen LogP contribution >= 0.6 is 0 Å². The fraction of sp³-hybridized carbons (Fsp3) is 0.444. The fourth-order valence-electron chi connectivity index (χ4n) is 3.03. The van der Waals surface area contributed by atoms with Gasteiger partial charge in [-0.05, 0) is 44.0 Å². The van der Waals surface area contributed by atoms with Gasteiger partial charge in [-0.15, -0.1) is 0 Å². The van der Waals surface area contributed by atoms with Crippen molar-refractivity contribution in [1.29, 1.82) is 0 Å². The standard InChI is InChI=1S/C18H21FN2O3/c1-12(22)17-15(18(23)21-10-4-2-3-5-11-21)16(20-24-17)13-6-8-14(19)9-7-13/h6-9,12,22H,2-5,10-11H2,1H3. The van der Waals surface area contributed by atoms with Crippen molar-refractivity contribution in [2.24, 2.45) is 0 Å². The van der Waals surface area contributed by atoms with Gasteiger partial charge in [0, 0.05) is 18.7 Å². The summed E-state index contributed by atoms with van der Waals surface area (Å²) in [6.07, 6.45) is 3.21. The minimum atomic E-state index is -0.947. The molecule has 2 aromatic rings. The predicted octanol–water partition coefficient (Wildman–Crippen LogP) is 3.55. The third-order valence-corrected chi connectivity index (χ3v) is 4.32. The molecule has 1 fully saturated rings. The highest BCUT2D eigenvalue weighted by atomic mass is 19.1. The Labute approximate surface area is 140 Å². The Morgan fingerprint density at radius 2 is 1.83 bits per heavy atom. The summed E-state index contributed by atoms with van der Waals surface area (Å²) < 4.78 is 18.4. The van der Waals surface area contributed by atoms with Crippen LogP contribution in [0.5, 0.6) is 0 Å². The Morgan fingerprint density at radius 1 is 1.21 bits per heavy atom. The van der Waals surface area contributed by atoms with Gasteiger partial charge >= 0.3 is 0 Å². The number of hydrogen-bond acceptors (Lipinski definition) is 4. The summed E-state index contributed by atoms with van der Waals surface area (Å²) in [5.74, 6) is -0.393. The molecule has 0 bridgehead atoms. The van der Waals surface area contributed by atoms with Gasteiger partial charge in [0.05, 0.1) is 0 Å². The van der Waals surface area contributed by atoms with Crippen LogP contribution in [0, 0.1) is 5.82 Å². The van der Waals surface area contributed by atoms with Crippen LogP contribution in [0.15, 0.2) is 28.8 Å². The predicted molar refractivity (Wildman–Crippen MR) is 86.9 cm³/mol. The van der Waals surface area contributed by atoms with Crippen LogP contribution in [0.2, 0.25) is 0 Å². The molecule has 0 aliphatic carbocycles. The molecular weight excluding hydrogens is 311 g/mol. The van der Waals surface area contributed by atoms with Crippen molar-refractivity contribution < 1.29 is 18.8 Å². The zero-order chi connectivity index (χ0) is 17.1. The molecule has 1 aromatic heterocycles. The second-order valence-corrected chi connectivity index (χ2v) is 6.16. The maximum Gasteiger partial charge on any atom is 0.259 e. The lowest BCUT2D eigenvalue weighted by molar-refractivity contribution is 0.0750. The van der Waals surface area contributed by atoms with Crippen LogP contribution in [-0.2, 0) is 0 Å². The van der Waals surface area contributed by atoms with Gasteiger partial charge in [-0.1, -0.05) is 18.0 Å². The number of aliphatic hydroxyl groups excluding tert-OH is 1. The van der Waals surface area contributed by atoms with Gasteiger partial charge in [-0.2, -0.15) is 0 Å². The number of hydrogen-bond donors (Lipinski definition) is 1. The SMILES string of the molecule is CC(O)c1onc(-c2ccc(F)cc2)c1C(=O)N1CCCCCC1. The van der Waals surface area contributed by atoms with E-state index in [1.165, 1.54) is 19.1 Å². The van der Waals surface area contributed by atoms with Crippen molar-refractivity contribution in [2.45, 2.75) is 38.7 Å². The maximum atomic E-state index is 13.2. The van der Waals surface area contributed by atoms with Crippen molar-refractivity contribution in [3.8, 4) is 11.3 Å². The second kappa shape index (κ2) is 7.13. The van der Waals surface area contributed by atoms with E-state index in [0.29, 0.717) is 24.3 Å². The van der Waals surface area contributed by atoms with Crippen molar-refractivity contribution in [2.75, 3.05) is 13.1 Å². The van der Waals surface area contributed by atoms with E-state index in [-0.39, 0.29) is 23.0 Å². The molecule has 0 radical (unpaired) electrons. The number of likely N-dealkylation sites (tertiary alicyclic amines) is 1. The lowest BCUT2D eigenvalue weighted by Crippen LogP contribution is -2.32. The van der Waals surface area contributed by atoms with Crippen LogP contribution in [0.25, 0.3) is 11.3 Å². The highest BCUT2D eigenvalue weighted by molar-refractivity contribution is 6.01. The summed E-state index contributed by atoms with van der Waals surface area (Å²) in [5.41, 5.74) is 1.21.